The Morgan fingerprint density at radius 3 is 2.36 bits per heavy atom. The second kappa shape index (κ2) is 7.76. The number of hydrogen-bond acceptors (Lipinski definition) is 3. The fraction of sp³-hybridized carbons (Fsp3) is 0.900. The Balaban J connectivity index is 3.45. The maximum Gasteiger partial charge on any atom is 0.332 e. The van der Waals surface area contributed by atoms with Gasteiger partial charge in [0.1, 0.15) is 0 Å². The van der Waals surface area contributed by atoms with E-state index in [0.717, 1.165) is 25.7 Å². The molecule has 0 aliphatic carbocycles. The number of hydrogen-bond donors (Lipinski definition) is 3. The Morgan fingerprint density at radius 2 is 1.86 bits per heavy atom. The summed E-state index contributed by atoms with van der Waals surface area (Å²) in [6.45, 7) is 2.10. The monoisotopic (exact) mass is 204 g/mol. The van der Waals surface area contributed by atoms with E-state index in [1.807, 2.05) is 0 Å². The SMILES string of the molecule is CCCCCCC(O)CC(O)C(=O)O. The zero-order chi connectivity index (χ0) is 11.0. The van der Waals surface area contributed by atoms with Crippen LogP contribution in [-0.4, -0.2) is 33.5 Å². The van der Waals surface area contributed by atoms with Crippen molar-refractivity contribution in [3.8, 4) is 0 Å². The molecule has 0 aromatic heterocycles. The van der Waals surface area contributed by atoms with Crippen LogP contribution in [0.5, 0.6) is 0 Å². The van der Waals surface area contributed by atoms with Gasteiger partial charge in [0, 0.05) is 6.42 Å². The molecule has 2 atom stereocenters. The zero-order valence-corrected chi connectivity index (χ0v) is 8.65. The molecule has 0 fully saturated rings. The van der Waals surface area contributed by atoms with Crippen molar-refractivity contribution in [2.24, 2.45) is 0 Å². The first kappa shape index (κ1) is 13.4. The quantitative estimate of drug-likeness (QED) is 0.518. The molecule has 0 aliphatic heterocycles. The molecule has 0 radical (unpaired) electrons. The molecule has 0 aromatic rings. The molecule has 0 aromatic carbocycles. The molecule has 0 saturated carbocycles. The fourth-order valence-corrected chi connectivity index (χ4v) is 1.28. The van der Waals surface area contributed by atoms with Gasteiger partial charge < -0.3 is 15.3 Å². The first-order chi connectivity index (χ1) is 6.57. The lowest BCUT2D eigenvalue weighted by molar-refractivity contribution is -0.148. The molecule has 2 unspecified atom stereocenters. The van der Waals surface area contributed by atoms with Crippen molar-refractivity contribution in [3.63, 3.8) is 0 Å². The molecule has 0 saturated heterocycles. The van der Waals surface area contributed by atoms with Crippen LogP contribution >= 0.6 is 0 Å². The van der Waals surface area contributed by atoms with Crippen molar-refractivity contribution in [1.29, 1.82) is 0 Å². The molecule has 0 heterocycles. The first-order valence-electron chi connectivity index (χ1n) is 5.16. The molecule has 0 amide bonds. The maximum atomic E-state index is 10.2. The number of carboxylic acids is 1. The molecule has 4 nitrogen and oxygen atoms in total. The lowest BCUT2D eigenvalue weighted by atomic mass is 10.0. The number of aliphatic carboxylic acids is 1. The third kappa shape index (κ3) is 6.86. The van der Waals surface area contributed by atoms with Crippen molar-refractivity contribution in [3.05, 3.63) is 0 Å². The van der Waals surface area contributed by atoms with Gasteiger partial charge in [0.05, 0.1) is 6.10 Å². The van der Waals surface area contributed by atoms with Crippen molar-refractivity contribution in [2.75, 3.05) is 0 Å². The third-order valence-corrected chi connectivity index (χ3v) is 2.17. The van der Waals surface area contributed by atoms with Crippen molar-refractivity contribution in [1.82, 2.24) is 0 Å². The van der Waals surface area contributed by atoms with Crippen molar-refractivity contribution < 1.29 is 20.1 Å². The summed E-state index contributed by atoms with van der Waals surface area (Å²) in [5.74, 6) is -1.27. The van der Waals surface area contributed by atoms with E-state index in [2.05, 4.69) is 6.92 Å². The summed E-state index contributed by atoms with van der Waals surface area (Å²) in [5.41, 5.74) is 0. The van der Waals surface area contributed by atoms with E-state index in [1.54, 1.807) is 0 Å². The maximum absolute atomic E-state index is 10.2. The normalized spacial score (nSPS) is 15.1. The summed E-state index contributed by atoms with van der Waals surface area (Å²) in [6.07, 6.45) is 2.58. The Labute approximate surface area is 84.6 Å². The smallest absolute Gasteiger partial charge is 0.332 e. The summed E-state index contributed by atoms with van der Waals surface area (Å²) in [7, 11) is 0. The first-order valence-corrected chi connectivity index (χ1v) is 5.16. The van der Waals surface area contributed by atoms with Crippen LogP contribution in [0.4, 0.5) is 0 Å². The summed E-state index contributed by atoms with van der Waals surface area (Å²) in [6, 6.07) is 0. The number of aliphatic hydroxyl groups excluding tert-OH is 2. The lowest BCUT2D eigenvalue weighted by Gasteiger charge is -2.12. The molecule has 0 spiro atoms. The molecule has 3 N–H and O–H groups in total. The van der Waals surface area contributed by atoms with Crippen LogP contribution in [0.15, 0.2) is 0 Å². The Hall–Kier alpha value is -0.610. The summed E-state index contributed by atoms with van der Waals surface area (Å²) >= 11 is 0. The van der Waals surface area contributed by atoms with Gasteiger partial charge in [0.2, 0.25) is 0 Å². The van der Waals surface area contributed by atoms with Gasteiger partial charge in [0.25, 0.3) is 0 Å². The average Bonchev–Trinajstić information content (AvgIpc) is 2.12. The Bertz CT molecular complexity index is 158. The second-order valence-electron chi connectivity index (χ2n) is 3.59. The van der Waals surface area contributed by atoms with E-state index in [-0.39, 0.29) is 6.42 Å². The minimum atomic E-state index is -1.43. The molecule has 14 heavy (non-hydrogen) atoms. The van der Waals surface area contributed by atoms with E-state index in [9.17, 15) is 9.90 Å². The highest BCUT2D eigenvalue weighted by Crippen LogP contribution is 2.09. The van der Waals surface area contributed by atoms with Gasteiger partial charge in [-0.1, -0.05) is 32.6 Å². The highest BCUT2D eigenvalue weighted by Gasteiger charge is 2.17. The standard InChI is InChI=1S/C10H20O4/c1-2-3-4-5-6-8(11)7-9(12)10(13)14/h8-9,11-12H,2-7H2,1H3,(H,13,14). The van der Waals surface area contributed by atoms with E-state index in [4.69, 9.17) is 10.2 Å². The fourth-order valence-electron chi connectivity index (χ4n) is 1.28. The van der Waals surface area contributed by atoms with Crippen molar-refractivity contribution >= 4 is 5.97 Å². The summed E-state index contributed by atoms with van der Waals surface area (Å²) in [4.78, 5) is 10.2. The van der Waals surface area contributed by atoms with E-state index >= 15 is 0 Å². The number of carboxylic acid groups (broad SMARTS) is 1. The van der Waals surface area contributed by atoms with Crippen molar-refractivity contribution in [2.45, 2.75) is 57.7 Å². The summed E-state index contributed by atoms with van der Waals surface area (Å²) in [5, 5.41) is 26.7. The van der Waals surface area contributed by atoms with Gasteiger partial charge in [-0.25, -0.2) is 4.79 Å². The van der Waals surface area contributed by atoms with Crippen LogP contribution in [-0.2, 0) is 4.79 Å². The minimum Gasteiger partial charge on any atom is -0.479 e. The highest BCUT2D eigenvalue weighted by atomic mass is 16.4. The van der Waals surface area contributed by atoms with E-state index < -0.39 is 18.2 Å². The second-order valence-corrected chi connectivity index (χ2v) is 3.59. The van der Waals surface area contributed by atoms with Gasteiger partial charge in [-0.3, -0.25) is 0 Å². The number of unbranched alkanes of at least 4 members (excludes halogenated alkanes) is 3. The molecule has 0 rings (SSSR count). The zero-order valence-electron chi connectivity index (χ0n) is 8.65. The largest absolute Gasteiger partial charge is 0.479 e. The molecule has 4 heteroatoms. The predicted octanol–water partition coefficient (Wildman–Crippen LogP) is 1.15. The van der Waals surface area contributed by atoms with Gasteiger partial charge in [-0.2, -0.15) is 0 Å². The molecule has 0 bridgehead atoms. The van der Waals surface area contributed by atoms with Gasteiger partial charge in [-0.15, -0.1) is 0 Å². The van der Waals surface area contributed by atoms with E-state index in [1.165, 1.54) is 0 Å². The minimum absolute atomic E-state index is 0.0680. The molecule has 84 valence electrons. The van der Waals surface area contributed by atoms with Gasteiger partial charge in [0.15, 0.2) is 6.10 Å². The average molecular weight is 204 g/mol. The van der Waals surface area contributed by atoms with Crippen LogP contribution in [0.3, 0.4) is 0 Å². The van der Waals surface area contributed by atoms with Crippen LogP contribution in [0.25, 0.3) is 0 Å². The Morgan fingerprint density at radius 1 is 1.21 bits per heavy atom. The van der Waals surface area contributed by atoms with Crippen LogP contribution < -0.4 is 0 Å². The third-order valence-electron chi connectivity index (χ3n) is 2.17. The highest BCUT2D eigenvalue weighted by molar-refractivity contribution is 5.71. The molecule has 0 aliphatic rings. The topological polar surface area (TPSA) is 77.8 Å². The van der Waals surface area contributed by atoms with Gasteiger partial charge >= 0.3 is 5.97 Å². The van der Waals surface area contributed by atoms with Crippen LogP contribution in [0, 0.1) is 0 Å². The predicted molar refractivity (Wildman–Crippen MR) is 53.0 cm³/mol. The number of rotatable bonds is 8. The lowest BCUT2D eigenvalue weighted by Crippen LogP contribution is -2.25. The molecular weight excluding hydrogens is 184 g/mol. The number of carbonyl (C=O) groups is 1. The summed E-state index contributed by atoms with van der Waals surface area (Å²) < 4.78 is 0. The Kier molecular flexibility index (Phi) is 7.42. The van der Waals surface area contributed by atoms with Gasteiger partial charge in [-0.05, 0) is 6.42 Å². The number of aliphatic hydroxyl groups is 2. The van der Waals surface area contributed by atoms with E-state index in [0.29, 0.717) is 6.42 Å². The van der Waals surface area contributed by atoms with Crippen LogP contribution in [0.2, 0.25) is 0 Å². The molecular formula is C10H20O4. The van der Waals surface area contributed by atoms with Crippen LogP contribution in [0.1, 0.15) is 45.4 Å².